The molecule has 8 aromatic carbocycles. The Morgan fingerprint density at radius 2 is 0.904 bits per heavy atom. The van der Waals surface area contributed by atoms with Crippen LogP contribution in [0.3, 0.4) is 0 Å². The maximum Gasteiger partial charge on any atom is 0.164 e. The quantitative estimate of drug-likeness (QED) is 0.188. The Morgan fingerprint density at radius 3 is 1.60 bits per heavy atom. The Hall–Kier alpha value is -7.11. The van der Waals surface area contributed by atoms with Crippen LogP contribution < -0.4 is 0 Å². The highest BCUT2D eigenvalue weighted by Crippen LogP contribution is 2.41. The summed E-state index contributed by atoms with van der Waals surface area (Å²) in [5, 5.41) is 9.55. The maximum atomic E-state index is 6.13. The Bertz CT molecular complexity index is 3100. The van der Waals surface area contributed by atoms with Gasteiger partial charge in [0.2, 0.25) is 0 Å². The van der Waals surface area contributed by atoms with Crippen molar-refractivity contribution in [3.8, 4) is 39.9 Å². The number of rotatable bonds is 4. The summed E-state index contributed by atoms with van der Waals surface area (Å²) >= 11 is 0. The molecule has 0 N–H and O–H groups in total. The Labute approximate surface area is 298 Å². The summed E-state index contributed by atoms with van der Waals surface area (Å²) in [5.41, 5.74) is 7.79. The summed E-state index contributed by atoms with van der Waals surface area (Å²) < 4.78 is 8.51. The van der Waals surface area contributed by atoms with E-state index >= 15 is 0 Å². The van der Waals surface area contributed by atoms with Gasteiger partial charge in [-0.2, -0.15) is 0 Å². The highest BCUT2D eigenvalue weighted by molar-refractivity contribution is 6.28. The first kappa shape index (κ1) is 28.7. The standard InChI is InChI=1S/C47H28N4O/c1-2-13-31(14-3-1)45-48-46(50-47(49-45)33-23-26-42-38(28-33)37-19-8-9-20-41(37)52-42)32-15-10-16-34(27-32)51-39-24-21-29-11-4-6-17-35(29)43(39)44-36-18-7-5-12-30(36)22-25-40(44)51/h1-28H. The number of furan rings is 1. The molecule has 0 saturated heterocycles. The maximum absolute atomic E-state index is 6.13. The molecule has 0 unspecified atom stereocenters. The van der Waals surface area contributed by atoms with Crippen LogP contribution in [-0.4, -0.2) is 19.5 Å². The molecule has 5 heteroatoms. The molecule has 3 aromatic heterocycles. The van der Waals surface area contributed by atoms with Crippen LogP contribution in [0, 0.1) is 0 Å². The number of nitrogens with zero attached hydrogens (tertiary/aromatic N) is 4. The largest absolute Gasteiger partial charge is 0.456 e. The third kappa shape index (κ3) is 4.39. The summed E-state index contributed by atoms with van der Waals surface area (Å²) in [6, 6.07) is 59.2. The van der Waals surface area contributed by atoms with Crippen LogP contribution in [0.2, 0.25) is 0 Å². The molecule has 11 rings (SSSR count). The van der Waals surface area contributed by atoms with E-state index in [1.54, 1.807) is 0 Å². The van der Waals surface area contributed by atoms with Crippen molar-refractivity contribution in [1.29, 1.82) is 0 Å². The van der Waals surface area contributed by atoms with Crippen molar-refractivity contribution >= 4 is 65.3 Å². The van der Waals surface area contributed by atoms with Gasteiger partial charge in [0.15, 0.2) is 17.5 Å². The van der Waals surface area contributed by atoms with Gasteiger partial charge in [0, 0.05) is 43.9 Å². The molecule has 0 aliphatic carbocycles. The molecule has 0 radical (unpaired) electrons. The molecule has 0 spiro atoms. The van der Waals surface area contributed by atoms with Gasteiger partial charge < -0.3 is 8.98 Å². The van der Waals surface area contributed by atoms with Crippen LogP contribution >= 0.6 is 0 Å². The molecule has 11 aromatic rings. The van der Waals surface area contributed by atoms with Crippen molar-refractivity contribution < 1.29 is 4.42 Å². The van der Waals surface area contributed by atoms with Crippen molar-refractivity contribution in [3.63, 3.8) is 0 Å². The van der Waals surface area contributed by atoms with E-state index in [0.29, 0.717) is 17.5 Å². The lowest BCUT2D eigenvalue weighted by atomic mass is 10.00. The van der Waals surface area contributed by atoms with Crippen molar-refractivity contribution in [3.05, 3.63) is 170 Å². The topological polar surface area (TPSA) is 56.7 Å². The average molecular weight is 665 g/mol. The van der Waals surface area contributed by atoms with E-state index in [4.69, 9.17) is 19.4 Å². The second-order valence-electron chi connectivity index (χ2n) is 13.2. The SMILES string of the molecule is c1ccc(-c2nc(-c3cccc(-n4c5ccc6ccccc6c5c5c6ccccc6ccc54)c3)nc(-c3ccc4oc5ccccc5c4c3)n2)cc1. The van der Waals surface area contributed by atoms with Gasteiger partial charge in [0.05, 0.1) is 11.0 Å². The molecule has 0 saturated carbocycles. The van der Waals surface area contributed by atoms with Crippen molar-refractivity contribution in [1.82, 2.24) is 19.5 Å². The van der Waals surface area contributed by atoms with E-state index in [2.05, 4.69) is 114 Å². The smallest absolute Gasteiger partial charge is 0.164 e. The minimum absolute atomic E-state index is 0.608. The van der Waals surface area contributed by atoms with Crippen LogP contribution in [0.15, 0.2) is 174 Å². The predicted octanol–water partition coefficient (Wildman–Crippen LogP) is 12.2. The number of fused-ring (bicyclic) bond motifs is 10. The van der Waals surface area contributed by atoms with E-state index < -0.39 is 0 Å². The number of hydrogen-bond acceptors (Lipinski definition) is 4. The number of benzene rings is 8. The summed E-state index contributed by atoms with van der Waals surface area (Å²) in [7, 11) is 0. The molecule has 52 heavy (non-hydrogen) atoms. The van der Waals surface area contributed by atoms with Gasteiger partial charge in [0.1, 0.15) is 11.2 Å². The molecule has 3 heterocycles. The highest BCUT2D eigenvalue weighted by Gasteiger charge is 2.19. The molecule has 5 nitrogen and oxygen atoms in total. The van der Waals surface area contributed by atoms with Crippen LogP contribution in [0.25, 0.3) is 105 Å². The average Bonchev–Trinajstić information content (AvgIpc) is 3.77. The van der Waals surface area contributed by atoms with E-state index in [0.717, 1.165) is 55.3 Å². The zero-order valence-corrected chi connectivity index (χ0v) is 27.9. The third-order valence-corrected chi connectivity index (χ3v) is 10.2. The Kier molecular flexibility index (Phi) is 6.18. The zero-order valence-electron chi connectivity index (χ0n) is 27.9. The van der Waals surface area contributed by atoms with Gasteiger partial charge in [0.25, 0.3) is 0 Å². The zero-order chi connectivity index (χ0) is 34.2. The van der Waals surface area contributed by atoms with Gasteiger partial charge >= 0.3 is 0 Å². The summed E-state index contributed by atoms with van der Waals surface area (Å²) in [5.74, 6) is 1.84. The molecule has 0 bridgehead atoms. The summed E-state index contributed by atoms with van der Waals surface area (Å²) in [6.45, 7) is 0. The van der Waals surface area contributed by atoms with Crippen molar-refractivity contribution in [2.45, 2.75) is 0 Å². The molecule has 0 atom stereocenters. The van der Waals surface area contributed by atoms with E-state index in [1.807, 2.05) is 60.7 Å². The monoisotopic (exact) mass is 664 g/mol. The first-order valence-electron chi connectivity index (χ1n) is 17.4. The Balaban J connectivity index is 1.14. The van der Waals surface area contributed by atoms with Gasteiger partial charge in [-0.05, 0) is 70.1 Å². The number of para-hydroxylation sites is 1. The van der Waals surface area contributed by atoms with E-state index in [-0.39, 0.29) is 0 Å². The lowest BCUT2D eigenvalue weighted by Crippen LogP contribution is -2.01. The predicted molar refractivity (Wildman–Crippen MR) is 213 cm³/mol. The molecule has 0 aliphatic rings. The minimum atomic E-state index is 0.608. The fourth-order valence-electron chi connectivity index (χ4n) is 7.83. The summed E-state index contributed by atoms with van der Waals surface area (Å²) in [6.07, 6.45) is 0. The molecule has 0 fully saturated rings. The molecule has 242 valence electrons. The number of hydrogen-bond donors (Lipinski definition) is 0. The molecular weight excluding hydrogens is 637 g/mol. The fraction of sp³-hybridized carbons (Fsp3) is 0. The molecular formula is C47H28N4O. The third-order valence-electron chi connectivity index (χ3n) is 10.2. The minimum Gasteiger partial charge on any atom is -0.456 e. The normalized spacial score (nSPS) is 11.8. The first-order valence-corrected chi connectivity index (χ1v) is 17.4. The lowest BCUT2D eigenvalue weighted by Gasteiger charge is -2.12. The van der Waals surface area contributed by atoms with Gasteiger partial charge in [-0.1, -0.05) is 121 Å². The first-order chi connectivity index (χ1) is 25.8. The van der Waals surface area contributed by atoms with Gasteiger partial charge in [-0.3, -0.25) is 0 Å². The summed E-state index contributed by atoms with van der Waals surface area (Å²) in [4.78, 5) is 15.2. The van der Waals surface area contributed by atoms with Crippen molar-refractivity contribution in [2.24, 2.45) is 0 Å². The Morgan fingerprint density at radius 1 is 0.365 bits per heavy atom. The molecule has 0 aliphatic heterocycles. The van der Waals surface area contributed by atoms with Crippen LogP contribution in [0.5, 0.6) is 0 Å². The van der Waals surface area contributed by atoms with E-state index in [1.165, 1.54) is 32.3 Å². The van der Waals surface area contributed by atoms with Crippen LogP contribution in [0.4, 0.5) is 0 Å². The number of aromatic nitrogens is 4. The van der Waals surface area contributed by atoms with Crippen LogP contribution in [-0.2, 0) is 0 Å². The lowest BCUT2D eigenvalue weighted by molar-refractivity contribution is 0.669. The fourth-order valence-corrected chi connectivity index (χ4v) is 7.83. The van der Waals surface area contributed by atoms with E-state index in [9.17, 15) is 0 Å². The van der Waals surface area contributed by atoms with Gasteiger partial charge in [-0.15, -0.1) is 0 Å². The molecule has 0 amide bonds. The van der Waals surface area contributed by atoms with Crippen LogP contribution in [0.1, 0.15) is 0 Å². The van der Waals surface area contributed by atoms with Gasteiger partial charge in [-0.25, -0.2) is 15.0 Å². The van der Waals surface area contributed by atoms with Crippen molar-refractivity contribution in [2.75, 3.05) is 0 Å². The highest BCUT2D eigenvalue weighted by atomic mass is 16.3. The second kappa shape index (κ2) is 11.2. The second-order valence-corrected chi connectivity index (χ2v) is 13.2.